The number of carbonyl (C=O) groups is 1. The number of benzene rings is 1. The van der Waals surface area contributed by atoms with E-state index in [1.807, 2.05) is 17.5 Å². The zero-order valence-electron chi connectivity index (χ0n) is 8.69. The van der Waals surface area contributed by atoms with Crippen LogP contribution >= 0.6 is 34.5 Å². The first kappa shape index (κ1) is 12.4. The molecule has 1 aromatic heterocycles. The minimum Gasteiger partial charge on any atom is -0.289 e. The number of hydrogen-bond acceptors (Lipinski definition) is 2. The first-order valence-corrected chi connectivity index (χ1v) is 6.51. The molecule has 0 aliphatic heterocycles. The highest BCUT2D eigenvalue weighted by Crippen LogP contribution is 2.22. The molecule has 0 fully saturated rings. The van der Waals surface area contributed by atoms with Crippen molar-refractivity contribution in [3.63, 3.8) is 0 Å². The standard InChI is InChI=1S/C13H8Cl2OS/c14-9-3-5-11(12(15)8-9)13(16)6-4-10-2-1-7-17-10/h1-8H. The minimum absolute atomic E-state index is 0.125. The second-order valence-electron chi connectivity index (χ2n) is 3.34. The maximum absolute atomic E-state index is 11.9. The van der Waals surface area contributed by atoms with Crippen LogP contribution in [0.2, 0.25) is 10.0 Å². The number of allylic oxidation sites excluding steroid dienone is 1. The SMILES string of the molecule is O=C(C=Cc1cccs1)c1ccc(Cl)cc1Cl. The summed E-state index contributed by atoms with van der Waals surface area (Å²) >= 11 is 13.3. The van der Waals surface area contributed by atoms with Gasteiger partial charge in [-0.2, -0.15) is 0 Å². The van der Waals surface area contributed by atoms with Crippen molar-refractivity contribution in [3.8, 4) is 0 Å². The summed E-state index contributed by atoms with van der Waals surface area (Å²) in [7, 11) is 0. The summed E-state index contributed by atoms with van der Waals surface area (Å²) in [5.41, 5.74) is 0.462. The van der Waals surface area contributed by atoms with E-state index < -0.39 is 0 Å². The molecular formula is C13H8Cl2OS. The van der Waals surface area contributed by atoms with Gasteiger partial charge in [0.15, 0.2) is 5.78 Å². The molecule has 0 radical (unpaired) electrons. The fourth-order valence-electron chi connectivity index (χ4n) is 1.32. The van der Waals surface area contributed by atoms with Crippen molar-refractivity contribution >= 4 is 46.4 Å². The first-order chi connectivity index (χ1) is 8.16. The monoisotopic (exact) mass is 282 g/mol. The van der Waals surface area contributed by atoms with Crippen molar-refractivity contribution in [1.29, 1.82) is 0 Å². The third-order valence-corrected chi connectivity index (χ3v) is 3.52. The highest BCUT2D eigenvalue weighted by molar-refractivity contribution is 7.10. The fourth-order valence-corrected chi connectivity index (χ4v) is 2.44. The van der Waals surface area contributed by atoms with Gasteiger partial charge in [-0.05, 0) is 41.8 Å². The molecule has 0 aliphatic rings. The molecule has 2 rings (SSSR count). The van der Waals surface area contributed by atoms with E-state index in [1.54, 1.807) is 35.6 Å². The predicted molar refractivity (Wildman–Crippen MR) is 74.1 cm³/mol. The molecule has 0 amide bonds. The molecule has 0 saturated carbocycles. The van der Waals surface area contributed by atoms with Crippen molar-refractivity contribution in [2.45, 2.75) is 0 Å². The van der Waals surface area contributed by atoms with Gasteiger partial charge in [-0.15, -0.1) is 11.3 Å². The molecule has 17 heavy (non-hydrogen) atoms. The van der Waals surface area contributed by atoms with Crippen LogP contribution in [0.4, 0.5) is 0 Å². The summed E-state index contributed by atoms with van der Waals surface area (Å²) < 4.78 is 0. The third kappa shape index (κ3) is 3.19. The lowest BCUT2D eigenvalue weighted by Gasteiger charge is -1.99. The van der Waals surface area contributed by atoms with Crippen LogP contribution in [0.25, 0.3) is 6.08 Å². The van der Waals surface area contributed by atoms with Crippen LogP contribution in [0.15, 0.2) is 41.8 Å². The lowest BCUT2D eigenvalue weighted by atomic mass is 10.1. The molecule has 1 aromatic carbocycles. The Morgan fingerprint density at radius 2 is 2.06 bits per heavy atom. The molecule has 1 nitrogen and oxygen atoms in total. The molecule has 0 bridgehead atoms. The highest BCUT2D eigenvalue weighted by atomic mass is 35.5. The summed E-state index contributed by atoms with van der Waals surface area (Å²) in [4.78, 5) is 12.9. The van der Waals surface area contributed by atoms with Crippen molar-refractivity contribution < 1.29 is 4.79 Å². The molecule has 0 atom stereocenters. The Morgan fingerprint density at radius 1 is 1.24 bits per heavy atom. The molecule has 86 valence electrons. The Kier molecular flexibility index (Phi) is 4.00. The van der Waals surface area contributed by atoms with Gasteiger partial charge in [-0.3, -0.25) is 4.79 Å². The van der Waals surface area contributed by atoms with Gasteiger partial charge in [0, 0.05) is 15.5 Å². The molecule has 0 spiro atoms. The summed E-state index contributed by atoms with van der Waals surface area (Å²) in [5, 5.41) is 2.85. The van der Waals surface area contributed by atoms with E-state index in [1.165, 1.54) is 6.08 Å². The van der Waals surface area contributed by atoms with E-state index in [0.717, 1.165) is 4.88 Å². The normalized spacial score (nSPS) is 10.9. The van der Waals surface area contributed by atoms with Gasteiger partial charge in [-0.1, -0.05) is 29.3 Å². The van der Waals surface area contributed by atoms with Crippen LogP contribution in [0.1, 0.15) is 15.2 Å². The van der Waals surface area contributed by atoms with E-state index in [-0.39, 0.29) is 5.78 Å². The zero-order chi connectivity index (χ0) is 12.3. The molecule has 0 aliphatic carbocycles. The van der Waals surface area contributed by atoms with E-state index in [4.69, 9.17) is 23.2 Å². The average molecular weight is 283 g/mol. The number of thiophene rings is 1. The van der Waals surface area contributed by atoms with Gasteiger partial charge >= 0.3 is 0 Å². The van der Waals surface area contributed by atoms with Crippen LogP contribution in [0, 0.1) is 0 Å². The highest BCUT2D eigenvalue weighted by Gasteiger charge is 2.07. The summed E-state index contributed by atoms with van der Waals surface area (Å²) in [5.74, 6) is -0.125. The molecule has 1 heterocycles. The van der Waals surface area contributed by atoms with Gasteiger partial charge in [0.05, 0.1) is 5.02 Å². The van der Waals surface area contributed by atoms with E-state index in [0.29, 0.717) is 15.6 Å². The summed E-state index contributed by atoms with van der Waals surface area (Å²) in [6, 6.07) is 8.72. The number of carbonyl (C=O) groups excluding carboxylic acids is 1. The second kappa shape index (κ2) is 5.50. The zero-order valence-corrected chi connectivity index (χ0v) is 11.0. The molecular weight excluding hydrogens is 275 g/mol. The van der Waals surface area contributed by atoms with Gasteiger partial charge in [0.2, 0.25) is 0 Å². The van der Waals surface area contributed by atoms with Crippen LogP contribution in [0.3, 0.4) is 0 Å². The number of hydrogen-bond donors (Lipinski definition) is 0. The van der Waals surface area contributed by atoms with Crippen LogP contribution in [0.5, 0.6) is 0 Å². The van der Waals surface area contributed by atoms with Crippen LogP contribution < -0.4 is 0 Å². The molecule has 0 saturated heterocycles. The fraction of sp³-hybridized carbons (Fsp3) is 0. The largest absolute Gasteiger partial charge is 0.289 e. The maximum atomic E-state index is 11.9. The predicted octanol–water partition coefficient (Wildman–Crippen LogP) is 4.95. The second-order valence-corrected chi connectivity index (χ2v) is 5.16. The van der Waals surface area contributed by atoms with Gasteiger partial charge in [0.25, 0.3) is 0 Å². The Bertz CT molecular complexity index is 559. The van der Waals surface area contributed by atoms with E-state index in [9.17, 15) is 4.79 Å². The topological polar surface area (TPSA) is 17.1 Å². The van der Waals surface area contributed by atoms with Crippen LogP contribution in [-0.2, 0) is 0 Å². The Labute approximate surface area is 113 Å². The third-order valence-electron chi connectivity index (χ3n) is 2.14. The average Bonchev–Trinajstić information content (AvgIpc) is 2.78. The van der Waals surface area contributed by atoms with Crippen LogP contribution in [-0.4, -0.2) is 5.78 Å². The number of halogens is 2. The Morgan fingerprint density at radius 3 is 2.71 bits per heavy atom. The summed E-state index contributed by atoms with van der Waals surface area (Å²) in [6.07, 6.45) is 3.29. The Hall–Kier alpha value is -1.09. The smallest absolute Gasteiger partial charge is 0.187 e. The first-order valence-electron chi connectivity index (χ1n) is 4.88. The maximum Gasteiger partial charge on any atom is 0.187 e. The Balaban J connectivity index is 2.20. The van der Waals surface area contributed by atoms with Gasteiger partial charge in [0.1, 0.15) is 0 Å². The quantitative estimate of drug-likeness (QED) is 0.575. The van der Waals surface area contributed by atoms with Crippen molar-refractivity contribution in [2.24, 2.45) is 0 Å². The minimum atomic E-state index is -0.125. The lowest BCUT2D eigenvalue weighted by Crippen LogP contribution is -1.94. The van der Waals surface area contributed by atoms with Crippen molar-refractivity contribution in [3.05, 3.63) is 62.3 Å². The van der Waals surface area contributed by atoms with E-state index >= 15 is 0 Å². The molecule has 2 aromatic rings. The van der Waals surface area contributed by atoms with Crippen molar-refractivity contribution in [2.75, 3.05) is 0 Å². The lowest BCUT2D eigenvalue weighted by molar-refractivity contribution is 0.104. The summed E-state index contributed by atoms with van der Waals surface area (Å²) in [6.45, 7) is 0. The van der Waals surface area contributed by atoms with Gasteiger partial charge in [-0.25, -0.2) is 0 Å². The molecule has 0 unspecified atom stereocenters. The van der Waals surface area contributed by atoms with E-state index in [2.05, 4.69) is 0 Å². The number of ketones is 1. The van der Waals surface area contributed by atoms with Crippen molar-refractivity contribution in [1.82, 2.24) is 0 Å². The molecule has 4 heteroatoms. The molecule has 0 N–H and O–H groups in total. The number of rotatable bonds is 3. The van der Waals surface area contributed by atoms with Gasteiger partial charge < -0.3 is 0 Å².